The number of carbonyl (C=O) groups is 1. The predicted octanol–water partition coefficient (Wildman–Crippen LogP) is 3.11. The quantitative estimate of drug-likeness (QED) is 0.913. The van der Waals surface area contributed by atoms with E-state index in [4.69, 9.17) is 0 Å². The van der Waals surface area contributed by atoms with Crippen LogP contribution < -0.4 is 5.32 Å². The number of nitrogens with zero attached hydrogens (tertiary/aromatic N) is 2. The van der Waals surface area contributed by atoms with Crippen LogP contribution in [-0.2, 0) is 11.3 Å². The van der Waals surface area contributed by atoms with E-state index in [-0.39, 0.29) is 11.9 Å². The van der Waals surface area contributed by atoms with E-state index in [1.165, 1.54) is 17.5 Å². The molecule has 4 rings (SSSR count). The van der Waals surface area contributed by atoms with Crippen molar-refractivity contribution >= 4 is 5.91 Å². The summed E-state index contributed by atoms with van der Waals surface area (Å²) in [7, 11) is 0. The Kier molecular flexibility index (Phi) is 4.79. The molecule has 1 saturated heterocycles. The Morgan fingerprint density at radius 2 is 1.92 bits per heavy atom. The minimum Gasteiger partial charge on any atom is -0.351 e. The van der Waals surface area contributed by atoms with Gasteiger partial charge in [-0.1, -0.05) is 36.8 Å². The monoisotopic (exact) mass is 335 g/mol. The van der Waals surface area contributed by atoms with Crippen LogP contribution in [0.25, 0.3) is 0 Å². The number of likely N-dealkylation sites (tertiary alicyclic amines) is 1. The molecule has 3 atom stereocenters. The van der Waals surface area contributed by atoms with E-state index >= 15 is 0 Å². The molecule has 1 N–H and O–H groups in total. The maximum absolute atomic E-state index is 12.9. The van der Waals surface area contributed by atoms with Crippen LogP contribution in [0.15, 0.2) is 54.9 Å². The van der Waals surface area contributed by atoms with Gasteiger partial charge in [0.05, 0.1) is 6.04 Å². The number of carbonyl (C=O) groups excluding carboxylic acids is 1. The highest BCUT2D eigenvalue weighted by atomic mass is 16.2. The lowest BCUT2D eigenvalue weighted by molar-refractivity contribution is -0.128. The second-order valence-electron chi connectivity index (χ2n) is 7.21. The topological polar surface area (TPSA) is 45.2 Å². The first-order chi connectivity index (χ1) is 12.3. The minimum absolute atomic E-state index is 0.000983. The molecular formula is C21H25N3O. The van der Waals surface area contributed by atoms with Crippen LogP contribution >= 0.6 is 0 Å². The van der Waals surface area contributed by atoms with E-state index in [0.717, 1.165) is 32.4 Å². The largest absolute Gasteiger partial charge is 0.351 e. The molecule has 1 amide bonds. The van der Waals surface area contributed by atoms with E-state index in [9.17, 15) is 4.79 Å². The molecule has 130 valence electrons. The first-order valence-electron chi connectivity index (χ1n) is 9.29. The Hall–Kier alpha value is -2.20. The van der Waals surface area contributed by atoms with E-state index in [0.29, 0.717) is 12.0 Å². The molecule has 2 fully saturated rings. The average Bonchev–Trinajstić information content (AvgIpc) is 3.43. The summed E-state index contributed by atoms with van der Waals surface area (Å²) in [5.74, 6) is 0.694. The van der Waals surface area contributed by atoms with Crippen LogP contribution in [0.2, 0.25) is 0 Å². The highest BCUT2D eigenvalue weighted by molar-refractivity contribution is 5.82. The lowest BCUT2D eigenvalue weighted by atomic mass is 10.0. The second kappa shape index (κ2) is 7.36. The first kappa shape index (κ1) is 16.3. The van der Waals surface area contributed by atoms with Crippen LogP contribution in [0.1, 0.15) is 42.7 Å². The van der Waals surface area contributed by atoms with Crippen LogP contribution in [0.3, 0.4) is 0 Å². The summed E-state index contributed by atoms with van der Waals surface area (Å²) in [5.41, 5.74) is 2.56. The molecule has 0 radical (unpaired) electrons. The summed E-state index contributed by atoms with van der Waals surface area (Å²) in [6.07, 6.45) is 7.97. The molecule has 2 aromatic rings. The van der Waals surface area contributed by atoms with Gasteiger partial charge in [0, 0.05) is 30.9 Å². The third kappa shape index (κ3) is 3.90. The summed E-state index contributed by atoms with van der Waals surface area (Å²) in [4.78, 5) is 19.3. The Labute approximate surface area is 149 Å². The smallest absolute Gasteiger partial charge is 0.237 e. The summed E-state index contributed by atoms with van der Waals surface area (Å²) in [5, 5.41) is 3.29. The third-order valence-corrected chi connectivity index (χ3v) is 5.40. The van der Waals surface area contributed by atoms with Gasteiger partial charge < -0.3 is 5.32 Å². The van der Waals surface area contributed by atoms with Crippen molar-refractivity contribution in [1.82, 2.24) is 15.2 Å². The van der Waals surface area contributed by atoms with Gasteiger partial charge in [-0.05, 0) is 49.1 Å². The standard InChI is InChI=1S/C21H25N3O/c25-21(23-19-14-18(19)17-6-2-1-3-7-17)20-8-4-5-13-24(20)15-16-9-11-22-12-10-16/h1-3,6-7,9-12,18-20H,4-5,8,13-15H2,(H,23,25)/t18-,19+,20-/m0/s1. The van der Waals surface area contributed by atoms with Crippen LogP contribution in [0.5, 0.6) is 0 Å². The molecule has 2 heterocycles. The molecule has 4 heteroatoms. The number of pyridine rings is 1. The molecule has 0 bridgehead atoms. The average molecular weight is 335 g/mol. The predicted molar refractivity (Wildman–Crippen MR) is 98.0 cm³/mol. The van der Waals surface area contributed by atoms with Crippen molar-refractivity contribution < 1.29 is 4.79 Å². The van der Waals surface area contributed by atoms with E-state index in [1.807, 2.05) is 30.6 Å². The van der Waals surface area contributed by atoms with Crippen LogP contribution in [0.4, 0.5) is 0 Å². The molecule has 1 saturated carbocycles. The molecule has 25 heavy (non-hydrogen) atoms. The molecule has 1 aliphatic carbocycles. The molecule has 0 unspecified atom stereocenters. The molecule has 1 aromatic carbocycles. The van der Waals surface area contributed by atoms with Gasteiger partial charge >= 0.3 is 0 Å². The lowest BCUT2D eigenvalue weighted by Gasteiger charge is -2.34. The lowest BCUT2D eigenvalue weighted by Crippen LogP contribution is -2.49. The summed E-state index contributed by atoms with van der Waals surface area (Å²) in [6, 6.07) is 14.9. The fourth-order valence-electron chi connectivity index (χ4n) is 3.90. The number of benzene rings is 1. The van der Waals surface area contributed by atoms with E-state index in [1.54, 1.807) is 0 Å². The molecule has 0 spiro atoms. The van der Waals surface area contributed by atoms with Gasteiger partial charge in [0.2, 0.25) is 5.91 Å². The van der Waals surface area contributed by atoms with Crippen molar-refractivity contribution in [2.45, 2.75) is 50.2 Å². The maximum atomic E-state index is 12.9. The van der Waals surface area contributed by atoms with Crippen molar-refractivity contribution in [2.24, 2.45) is 0 Å². The van der Waals surface area contributed by atoms with Crippen LogP contribution in [-0.4, -0.2) is 34.4 Å². The zero-order valence-corrected chi connectivity index (χ0v) is 14.5. The molecule has 1 aliphatic heterocycles. The van der Waals surface area contributed by atoms with Gasteiger partial charge in [-0.3, -0.25) is 14.7 Å². The van der Waals surface area contributed by atoms with Crippen molar-refractivity contribution in [3.05, 3.63) is 66.0 Å². The van der Waals surface area contributed by atoms with Gasteiger partial charge in [-0.15, -0.1) is 0 Å². The Morgan fingerprint density at radius 3 is 2.72 bits per heavy atom. The fraction of sp³-hybridized carbons (Fsp3) is 0.429. The second-order valence-corrected chi connectivity index (χ2v) is 7.21. The molecule has 2 aliphatic rings. The summed E-state index contributed by atoms with van der Waals surface area (Å²) >= 11 is 0. The highest BCUT2D eigenvalue weighted by Crippen LogP contribution is 2.40. The van der Waals surface area contributed by atoms with Crippen molar-refractivity contribution in [1.29, 1.82) is 0 Å². The van der Waals surface area contributed by atoms with E-state index < -0.39 is 0 Å². The number of nitrogens with one attached hydrogen (secondary N) is 1. The summed E-state index contributed by atoms with van der Waals surface area (Å²) in [6.45, 7) is 1.82. The Morgan fingerprint density at radius 1 is 1.12 bits per heavy atom. The number of hydrogen-bond acceptors (Lipinski definition) is 3. The first-order valence-corrected chi connectivity index (χ1v) is 9.29. The van der Waals surface area contributed by atoms with Crippen LogP contribution in [0, 0.1) is 0 Å². The summed E-state index contributed by atoms with van der Waals surface area (Å²) < 4.78 is 0. The SMILES string of the molecule is O=C(N[C@@H]1C[C@H]1c1ccccc1)[C@@H]1CCCCN1Cc1ccncc1. The van der Waals surface area contributed by atoms with Crippen molar-refractivity contribution in [3.8, 4) is 0 Å². The zero-order valence-electron chi connectivity index (χ0n) is 14.5. The normalized spacial score (nSPS) is 26.2. The number of amides is 1. The Balaban J connectivity index is 1.37. The molecular weight excluding hydrogens is 310 g/mol. The fourth-order valence-corrected chi connectivity index (χ4v) is 3.90. The number of aromatic nitrogens is 1. The maximum Gasteiger partial charge on any atom is 0.237 e. The molecule has 1 aromatic heterocycles. The van der Waals surface area contributed by atoms with E-state index in [2.05, 4.69) is 39.5 Å². The van der Waals surface area contributed by atoms with Gasteiger partial charge in [-0.25, -0.2) is 0 Å². The number of piperidine rings is 1. The van der Waals surface area contributed by atoms with Gasteiger partial charge in [0.1, 0.15) is 0 Å². The Bertz CT molecular complexity index is 704. The van der Waals surface area contributed by atoms with Gasteiger partial charge in [0.15, 0.2) is 0 Å². The number of hydrogen-bond donors (Lipinski definition) is 1. The zero-order chi connectivity index (χ0) is 17.1. The highest BCUT2D eigenvalue weighted by Gasteiger charge is 2.41. The van der Waals surface area contributed by atoms with Crippen molar-refractivity contribution in [2.75, 3.05) is 6.54 Å². The number of rotatable bonds is 5. The minimum atomic E-state index is -0.000983. The third-order valence-electron chi connectivity index (χ3n) is 5.40. The van der Waals surface area contributed by atoms with Crippen molar-refractivity contribution in [3.63, 3.8) is 0 Å². The van der Waals surface area contributed by atoms with Gasteiger partial charge in [-0.2, -0.15) is 0 Å². The van der Waals surface area contributed by atoms with Gasteiger partial charge in [0.25, 0.3) is 0 Å². The molecule has 4 nitrogen and oxygen atoms in total.